The van der Waals surface area contributed by atoms with Gasteiger partial charge in [-0.1, -0.05) is 18.2 Å². The second kappa shape index (κ2) is 6.62. The summed E-state index contributed by atoms with van der Waals surface area (Å²) in [5, 5.41) is 8.56. The van der Waals surface area contributed by atoms with Gasteiger partial charge in [0.2, 0.25) is 5.91 Å². The predicted molar refractivity (Wildman–Crippen MR) is 94.0 cm³/mol. The molecule has 0 aliphatic rings. The van der Waals surface area contributed by atoms with E-state index < -0.39 is 0 Å². The predicted octanol–water partition coefficient (Wildman–Crippen LogP) is 3.44. The maximum absolute atomic E-state index is 12.3. The lowest BCUT2D eigenvalue weighted by atomic mass is 10.1. The van der Waals surface area contributed by atoms with Gasteiger partial charge in [-0.15, -0.1) is 11.3 Å². The molecule has 1 heterocycles. The zero-order valence-corrected chi connectivity index (χ0v) is 13.4. The SMILES string of the molecule is CNC(=O)c1cccc(NC(=O)Cc2cccc3sccc23)c1. The highest BCUT2D eigenvalue weighted by Gasteiger charge is 2.09. The van der Waals surface area contributed by atoms with Crippen molar-refractivity contribution in [1.29, 1.82) is 0 Å². The van der Waals surface area contributed by atoms with Gasteiger partial charge in [0, 0.05) is 23.0 Å². The van der Waals surface area contributed by atoms with Crippen molar-refractivity contribution in [3.05, 3.63) is 65.0 Å². The molecule has 0 saturated carbocycles. The van der Waals surface area contributed by atoms with Crippen LogP contribution in [0.15, 0.2) is 53.9 Å². The largest absolute Gasteiger partial charge is 0.355 e. The second-order valence-corrected chi connectivity index (χ2v) is 6.08. The van der Waals surface area contributed by atoms with Gasteiger partial charge < -0.3 is 10.6 Å². The van der Waals surface area contributed by atoms with Crippen LogP contribution in [0, 0.1) is 0 Å². The highest BCUT2D eigenvalue weighted by Crippen LogP contribution is 2.24. The summed E-state index contributed by atoms with van der Waals surface area (Å²) in [7, 11) is 1.58. The number of anilines is 1. The zero-order chi connectivity index (χ0) is 16.2. The Balaban J connectivity index is 1.75. The molecule has 3 rings (SSSR count). The molecule has 2 N–H and O–H groups in total. The first kappa shape index (κ1) is 15.2. The average Bonchev–Trinajstić information content (AvgIpc) is 3.04. The first-order chi connectivity index (χ1) is 11.2. The summed E-state index contributed by atoms with van der Waals surface area (Å²) in [5.41, 5.74) is 2.14. The number of carbonyl (C=O) groups is 2. The van der Waals surface area contributed by atoms with E-state index in [2.05, 4.69) is 10.6 Å². The van der Waals surface area contributed by atoms with E-state index in [1.54, 1.807) is 42.6 Å². The van der Waals surface area contributed by atoms with Crippen LogP contribution in [0.1, 0.15) is 15.9 Å². The lowest BCUT2D eigenvalue weighted by molar-refractivity contribution is -0.115. The summed E-state index contributed by atoms with van der Waals surface area (Å²) in [6, 6.07) is 14.9. The average molecular weight is 324 g/mol. The summed E-state index contributed by atoms with van der Waals surface area (Å²) >= 11 is 1.66. The monoisotopic (exact) mass is 324 g/mol. The van der Waals surface area contributed by atoms with Gasteiger partial charge in [0.25, 0.3) is 5.91 Å². The van der Waals surface area contributed by atoms with Crippen LogP contribution in [0.2, 0.25) is 0 Å². The van der Waals surface area contributed by atoms with Gasteiger partial charge in [-0.05, 0) is 46.7 Å². The highest BCUT2D eigenvalue weighted by atomic mass is 32.1. The highest BCUT2D eigenvalue weighted by molar-refractivity contribution is 7.17. The molecule has 0 atom stereocenters. The van der Waals surface area contributed by atoms with Crippen molar-refractivity contribution in [1.82, 2.24) is 5.32 Å². The molecule has 0 unspecified atom stereocenters. The van der Waals surface area contributed by atoms with E-state index in [9.17, 15) is 9.59 Å². The Morgan fingerprint density at radius 3 is 2.74 bits per heavy atom. The summed E-state index contributed by atoms with van der Waals surface area (Å²) in [5.74, 6) is -0.276. The van der Waals surface area contributed by atoms with Gasteiger partial charge in [-0.3, -0.25) is 9.59 Å². The minimum atomic E-state index is -0.177. The third kappa shape index (κ3) is 3.40. The summed E-state index contributed by atoms with van der Waals surface area (Å²) in [6.07, 6.45) is 0.304. The summed E-state index contributed by atoms with van der Waals surface area (Å²) in [4.78, 5) is 23.9. The molecule has 0 aliphatic heterocycles. The van der Waals surface area contributed by atoms with Crippen LogP contribution in [0.4, 0.5) is 5.69 Å². The van der Waals surface area contributed by atoms with Crippen LogP contribution in [-0.4, -0.2) is 18.9 Å². The molecule has 2 aromatic carbocycles. The zero-order valence-electron chi connectivity index (χ0n) is 12.6. The van der Waals surface area contributed by atoms with Crippen LogP contribution < -0.4 is 10.6 Å². The molecule has 4 nitrogen and oxygen atoms in total. The number of amides is 2. The van der Waals surface area contributed by atoms with Crippen molar-refractivity contribution >= 4 is 38.9 Å². The molecule has 2 amide bonds. The van der Waals surface area contributed by atoms with Gasteiger partial charge in [0.1, 0.15) is 0 Å². The van der Waals surface area contributed by atoms with E-state index in [1.165, 1.54) is 4.70 Å². The number of fused-ring (bicyclic) bond motifs is 1. The van der Waals surface area contributed by atoms with Crippen molar-refractivity contribution in [3.8, 4) is 0 Å². The van der Waals surface area contributed by atoms with Crippen LogP contribution in [-0.2, 0) is 11.2 Å². The molecule has 0 radical (unpaired) electrons. The minimum Gasteiger partial charge on any atom is -0.355 e. The maximum atomic E-state index is 12.3. The van der Waals surface area contributed by atoms with Crippen LogP contribution in [0.3, 0.4) is 0 Å². The quantitative estimate of drug-likeness (QED) is 0.772. The smallest absolute Gasteiger partial charge is 0.251 e. The van der Waals surface area contributed by atoms with E-state index >= 15 is 0 Å². The van der Waals surface area contributed by atoms with Gasteiger partial charge in [-0.25, -0.2) is 0 Å². The van der Waals surface area contributed by atoms with Crippen molar-refractivity contribution < 1.29 is 9.59 Å². The third-order valence-corrected chi connectivity index (χ3v) is 4.45. The first-order valence-electron chi connectivity index (χ1n) is 7.24. The number of nitrogens with one attached hydrogen (secondary N) is 2. The minimum absolute atomic E-state index is 0.0993. The van der Waals surface area contributed by atoms with Gasteiger partial charge in [-0.2, -0.15) is 0 Å². The fourth-order valence-electron chi connectivity index (χ4n) is 2.47. The van der Waals surface area contributed by atoms with E-state index in [4.69, 9.17) is 0 Å². The number of rotatable bonds is 4. The lowest BCUT2D eigenvalue weighted by Gasteiger charge is -2.08. The van der Waals surface area contributed by atoms with Crippen molar-refractivity contribution in [3.63, 3.8) is 0 Å². The van der Waals surface area contributed by atoms with E-state index in [1.807, 2.05) is 29.6 Å². The van der Waals surface area contributed by atoms with Gasteiger partial charge >= 0.3 is 0 Å². The molecule has 0 saturated heterocycles. The number of hydrogen-bond acceptors (Lipinski definition) is 3. The molecular formula is C18H16N2O2S. The molecule has 0 spiro atoms. The summed E-state index contributed by atoms with van der Waals surface area (Å²) < 4.78 is 1.18. The number of thiophene rings is 1. The molecule has 0 fully saturated rings. The number of benzene rings is 2. The fraction of sp³-hybridized carbons (Fsp3) is 0.111. The normalized spacial score (nSPS) is 10.5. The Kier molecular flexibility index (Phi) is 4.39. The topological polar surface area (TPSA) is 58.2 Å². The Morgan fingerprint density at radius 1 is 1.09 bits per heavy atom. The van der Waals surface area contributed by atoms with Crippen LogP contribution in [0.5, 0.6) is 0 Å². The van der Waals surface area contributed by atoms with Gasteiger partial charge in [0.05, 0.1) is 6.42 Å². The van der Waals surface area contributed by atoms with E-state index in [0.717, 1.165) is 10.9 Å². The Morgan fingerprint density at radius 2 is 1.91 bits per heavy atom. The number of carbonyl (C=O) groups excluding carboxylic acids is 2. The standard InChI is InChI=1S/C18H16N2O2S/c1-19-18(22)13-5-2-6-14(10-13)20-17(21)11-12-4-3-7-16-15(12)8-9-23-16/h2-10H,11H2,1H3,(H,19,22)(H,20,21). The first-order valence-corrected chi connectivity index (χ1v) is 8.12. The Labute approximate surface area is 138 Å². The molecule has 1 aromatic heterocycles. The summed E-state index contributed by atoms with van der Waals surface area (Å²) in [6.45, 7) is 0. The van der Waals surface area contributed by atoms with E-state index in [-0.39, 0.29) is 11.8 Å². The third-order valence-electron chi connectivity index (χ3n) is 3.57. The molecule has 23 heavy (non-hydrogen) atoms. The molecule has 3 aromatic rings. The van der Waals surface area contributed by atoms with E-state index in [0.29, 0.717) is 17.7 Å². The Bertz CT molecular complexity index is 870. The van der Waals surface area contributed by atoms with Crippen molar-refractivity contribution in [2.24, 2.45) is 0 Å². The Hall–Kier alpha value is -2.66. The lowest BCUT2D eigenvalue weighted by Crippen LogP contribution is -2.19. The van der Waals surface area contributed by atoms with Gasteiger partial charge in [0.15, 0.2) is 0 Å². The van der Waals surface area contributed by atoms with Crippen molar-refractivity contribution in [2.75, 3.05) is 12.4 Å². The number of hydrogen-bond donors (Lipinski definition) is 2. The van der Waals surface area contributed by atoms with Crippen LogP contribution >= 0.6 is 11.3 Å². The van der Waals surface area contributed by atoms with Crippen LogP contribution in [0.25, 0.3) is 10.1 Å². The fourth-order valence-corrected chi connectivity index (χ4v) is 3.31. The molecule has 5 heteroatoms. The molecular weight excluding hydrogens is 308 g/mol. The molecule has 116 valence electrons. The maximum Gasteiger partial charge on any atom is 0.251 e. The molecule has 0 aliphatic carbocycles. The van der Waals surface area contributed by atoms with Crippen molar-refractivity contribution in [2.45, 2.75) is 6.42 Å². The molecule has 0 bridgehead atoms. The second-order valence-electron chi connectivity index (χ2n) is 5.13.